The van der Waals surface area contributed by atoms with Crippen LogP contribution in [0.1, 0.15) is 62.3 Å². The number of anilines is 1. The molecule has 37 heavy (non-hydrogen) atoms. The average Bonchev–Trinajstić information content (AvgIpc) is 3.53. The van der Waals surface area contributed by atoms with Gasteiger partial charge >= 0.3 is 6.01 Å². The third-order valence-electron chi connectivity index (χ3n) is 7.27. The Morgan fingerprint density at radius 2 is 2.14 bits per heavy atom. The van der Waals surface area contributed by atoms with Gasteiger partial charge in [-0.3, -0.25) is 9.89 Å². The number of nitriles is 1. The number of hydrogen-bond acceptors (Lipinski definition) is 10. The lowest BCUT2D eigenvalue weighted by Crippen LogP contribution is -2.47. The van der Waals surface area contributed by atoms with Gasteiger partial charge in [0.25, 0.3) is 5.91 Å². The maximum Gasteiger partial charge on any atom is 0.321 e. The van der Waals surface area contributed by atoms with Crippen molar-refractivity contribution in [1.29, 1.82) is 5.26 Å². The third-order valence-corrected chi connectivity index (χ3v) is 7.27. The van der Waals surface area contributed by atoms with E-state index in [1.165, 1.54) is 0 Å². The van der Waals surface area contributed by atoms with Gasteiger partial charge in [0.2, 0.25) is 11.8 Å². The number of hydrogen-bond donors (Lipinski definition) is 3. The minimum Gasteiger partial charge on any atom is -0.463 e. The summed E-state index contributed by atoms with van der Waals surface area (Å²) in [5.41, 5.74) is 0.682. The minimum absolute atomic E-state index is 0.00972. The molecule has 1 unspecified atom stereocenters. The highest BCUT2D eigenvalue weighted by Crippen LogP contribution is 2.38. The molecule has 0 spiro atoms. The van der Waals surface area contributed by atoms with E-state index in [1.807, 2.05) is 17.0 Å². The molecule has 3 aromatic heterocycles. The van der Waals surface area contributed by atoms with Gasteiger partial charge in [-0.15, -0.1) is 0 Å². The van der Waals surface area contributed by atoms with Gasteiger partial charge in [0.1, 0.15) is 0 Å². The van der Waals surface area contributed by atoms with Crippen molar-refractivity contribution in [3.05, 3.63) is 29.8 Å². The van der Waals surface area contributed by atoms with E-state index in [4.69, 9.17) is 10.00 Å². The Morgan fingerprint density at radius 3 is 2.84 bits per heavy atom. The van der Waals surface area contributed by atoms with E-state index >= 15 is 0 Å². The van der Waals surface area contributed by atoms with Crippen LogP contribution < -0.4 is 15.0 Å². The van der Waals surface area contributed by atoms with E-state index in [0.29, 0.717) is 31.3 Å². The molecule has 4 heterocycles. The molecular formula is C25H31N9O3. The average molecular weight is 506 g/mol. The van der Waals surface area contributed by atoms with Crippen molar-refractivity contribution in [3.8, 4) is 12.1 Å². The quantitative estimate of drug-likeness (QED) is 0.412. The summed E-state index contributed by atoms with van der Waals surface area (Å²) in [7, 11) is 0. The fourth-order valence-electron chi connectivity index (χ4n) is 4.41. The summed E-state index contributed by atoms with van der Waals surface area (Å²) in [6.07, 6.45) is 4.21. The number of carbonyl (C=O) groups excluding carboxylic acids is 1. The number of H-pyrrole nitrogens is 1. The summed E-state index contributed by atoms with van der Waals surface area (Å²) in [4.78, 5) is 32.5. The molecule has 0 aromatic carbocycles. The zero-order chi connectivity index (χ0) is 26.2. The number of pyridine rings is 1. The van der Waals surface area contributed by atoms with Crippen LogP contribution in [0.4, 0.5) is 5.95 Å². The van der Waals surface area contributed by atoms with E-state index in [0.717, 1.165) is 30.3 Å². The number of piperidine rings is 1. The summed E-state index contributed by atoms with van der Waals surface area (Å²) in [5, 5.41) is 30.6. The number of aliphatic hydroxyl groups is 1. The molecule has 1 saturated heterocycles. The van der Waals surface area contributed by atoms with Crippen molar-refractivity contribution < 1.29 is 14.6 Å². The highest BCUT2D eigenvalue weighted by atomic mass is 16.5. The lowest BCUT2D eigenvalue weighted by Gasteiger charge is -2.31. The Kier molecular flexibility index (Phi) is 6.64. The normalized spacial score (nSPS) is 20.9. The van der Waals surface area contributed by atoms with E-state index in [-0.39, 0.29) is 29.6 Å². The van der Waals surface area contributed by atoms with E-state index in [2.05, 4.69) is 41.5 Å². The van der Waals surface area contributed by atoms with Crippen LogP contribution >= 0.6 is 0 Å². The predicted octanol–water partition coefficient (Wildman–Crippen LogP) is 1.95. The van der Waals surface area contributed by atoms with Gasteiger partial charge in [-0.2, -0.15) is 25.3 Å². The first-order valence-corrected chi connectivity index (χ1v) is 12.6. The van der Waals surface area contributed by atoms with Gasteiger partial charge in [-0.1, -0.05) is 0 Å². The van der Waals surface area contributed by atoms with Crippen LogP contribution in [0.15, 0.2) is 18.3 Å². The standard InChI is InChI=1S/C25H31N9O3/c1-14(25(2,3)36)28-22(35)21-29-23(31-24(30-21)37-13-17-11-16(17)12-26)34-9-6-15(7-10-34)19-18-5-4-8-27-20(18)33-32-19/h4-5,8,14-17,36H,6-7,9-11,13H2,1-3H3,(H,28,35)(H,27,32,33)/t14?,16-,17+/m0/s1. The monoisotopic (exact) mass is 505 g/mol. The highest BCUT2D eigenvalue weighted by molar-refractivity contribution is 5.91. The van der Waals surface area contributed by atoms with Crippen molar-refractivity contribution in [3.63, 3.8) is 0 Å². The molecule has 3 atom stereocenters. The molecule has 1 aliphatic carbocycles. The molecule has 12 nitrogen and oxygen atoms in total. The second kappa shape index (κ2) is 9.89. The highest BCUT2D eigenvalue weighted by Gasteiger charge is 2.38. The van der Waals surface area contributed by atoms with Crippen molar-refractivity contribution in [2.24, 2.45) is 11.8 Å². The van der Waals surface area contributed by atoms with Crippen LogP contribution in [0.3, 0.4) is 0 Å². The summed E-state index contributed by atoms with van der Waals surface area (Å²) < 4.78 is 5.80. The number of rotatable bonds is 8. The smallest absolute Gasteiger partial charge is 0.321 e. The largest absolute Gasteiger partial charge is 0.463 e. The number of amides is 1. The van der Waals surface area contributed by atoms with Crippen molar-refractivity contribution in [2.75, 3.05) is 24.6 Å². The molecule has 2 aliphatic rings. The molecule has 0 radical (unpaired) electrons. The van der Waals surface area contributed by atoms with Gasteiger partial charge in [0, 0.05) is 42.2 Å². The number of nitrogens with zero attached hydrogens (tertiary/aromatic N) is 7. The molecule has 2 fully saturated rings. The zero-order valence-corrected chi connectivity index (χ0v) is 21.2. The molecule has 3 N–H and O–H groups in total. The Morgan fingerprint density at radius 1 is 1.35 bits per heavy atom. The van der Waals surface area contributed by atoms with Gasteiger partial charge in [0.05, 0.1) is 30.2 Å². The summed E-state index contributed by atoms with van der Waals surface area (Å²) in [6, 6.07) is 5.71. The molecule has 1 aliphatic heterocycles. The van der Waals surface area contributed by atoms with Crippen LogP contribution in [0.5, 0.6) is 6.01 Å². The predicted molar refractivity (Wildman–Crippen MR) is 134 cm³/mol. The van der Waals surface area contributed by atoms with Crippen molar-refractivity contribution in [1.82, 2.24) is 35.5 Å². The second-order valence-electron chi connectivity index (χ2n) is 10.4. The van der Waals surface area contributed by atoms with Gasteiger partial charge in [-0.25, -0.2) is 4.98 Å². The number of aromatic nitrogens is 6. The molecule has 3 aromatic rings. The topological polar surface area (TPSA) is 166 Å². The Bertz CT molecular complexity index is 1320. The number of carbonyl (C=O) groups is 1. The van der Waals surface area contributed by atoms with Crippen LogP contribution in [0.25, 0.3) is 11.0 Å². The SMILES string of the molecule is CC(NC(=O)c1nc(OC[C@H]2C[C@H]2C#N)nc(N2CCC(c3[nH]nc4ncccc34)CC2)n1)C(C)(C)O. The first kappa shape index (κ1) is 24.8. The van der Waals surface area contributed by atoms with E-state index < -0.39 is 17.6 Å². The number of aromatic amines is 1. The molecule has 0 bridgehead atoms. The lowest BCUT2D eigenvalue weighted by molar-refractivity contribution is 0.0405. The summed E-state index contributed by atoms with van der Waals surface area (Å²) >= 11 is 0. The van der Waals surface area contributed by atoms with Crippen molar-refractivity contribution in [2.45, 2.75) is 57.6 Å². The Hall–Kier alpha value is -3.85. The third kappa shape index (κ3) is 5.46. The van der Waals surface area contributed by atoms with Crippen LogP contribution in [-0.2, 0) is 0 Å². The van der Waals surface area contributed by atoms with E-state index in [1.54, 1.807) is 27.0 Å². The lowest BCUT2D eigenvalue weighted by atomic mass is 9.92. The molecule has 5 rings (SSSR count). The molecular weight excluding hydrogens is 474 g/mol. The molecule has 12 heteroatoms. The zero-order valence-electron chi connectivity index (χ0n) is 21.2. The Labute approximate surface area is 214 Å². The fraction of sp³-hybridized carbons (Fsp3) is 0.560. The van der Waals surface area contributed by atoms with Gasteiger partial charge in [-0.05, 0) is 52.2 Å². The van der Waals surface area contributed by atoms with Crippen LogP contribution in [-0.4, -0.2) is 72.5 Å². The van der Waals surface area contributed by atoms with Gasteiger partial charge in [0.15, 0.2) is 5.65 Å². The Balaban J connectivity index is 1.33. The number of fused-ring (bicyclic) bond motifs is 1. The minimum atomic E-state index is -1.11. The fourth-order valence-corrected chi connectivity index (χ4v) is 4.41. The maximum absolute atomic E-state index is 13.0. The number of ether oxygens (including phenoxy) is 1. The first-order chi connectivity index (χ1) is 17.7. The summed E-state index contributed by atoms with van der Waals surface area (Å²) in [5.74, 6) is 0.202. The number of nitrogens with one attached hydrogen (secondary N) is 2. The van der Waals surface area contributed by atoms with Crippen LogP contribution in [0.2, 0.25) is 0 Å². The first-order valence-electron chi connectivity index (χ1n) is 12.6. The van der Waals surface area contributed by atoms with E-state index in [9.17, 15) is 9.90 Å². The second-order valence-corrected chi connectivity index (χ2v) is 10.4. The van der Waals surface area contributed by atoms with Crippen LogP contribution in [0, 0.1) is 23.2 Å². The summed E-state index contributed by atoms with van der Waals surface area (Å²) in [6.45, 7) is 6.62. The van der Waals surface area contributed by atoms with Gasteiger partial charge < -0.3 is 20.1 Å². The molecule has 1 amide bonds. The maximum atomic E-state index is 13.0. The van der Waals surface area contributed by atoms with Crippen molar-refractivity contribution >= 4 is 22.9 Å². The molecule has 1 saturated carbocycles. The molecule has 194 valence electrons.